The van der Waals surface area contributed by atoms with Gasteiger partial charge in [-0.3, -0.25) is 0 Å². The van der Waals surface area contributed by atoms with Crippen molar-refractivity contribution >= 4 is 11.7 Å². The Morgan fingerprint density at radius 3 is 2.84 bits per heavy atom. The van der Waals surface area contributed by atoms with E-state index in [1.165, 1.54) is 6.20 Å². The molecule has 0 spiro atoms. The summed E-state index contributed by atoms with van der Waals surface area (Å²) in [5.41, 5.74) is 0.883. The number of nitrogens with one attached hydrogen (secondary N) is 1. The molecule has 5 heteroatoms. The van der Waals surface area contributed by atoms with E-state index in [-0.39, 0.29) is 5.69 Å². The van der Waals surface area contributed by atoms with Crippen molar-refractivity contribution in [1.82, 2.24) is 9.88 Å². The van der Waals surface area contributed by atoms with Crippen LogP contribution in [-0.2, 0) is 0 Å². The highest BCUT2D eigenvalue weighted by molar-refractivity contribution is 5.86. The number of hydrogen-bond donors (Lipinski definition) is 2. The fraction of sp³-hybridized carbons (Fsp3) is 0.571. The number of unbranched alkanes of at least 4 members (excludes halogenated alkanes) is 1. The first-order valence-electron chi connectivity index (χ1n) is 6.64. The van der Waals surface area contributed by atoms with Gasteiger partial charge in [-0.25, -0.2) is 9.78 Å². The second kappa shape index (κ2) is 7.74. The van der Waals surface area contributed by atoms with E-state index in [9.17, 15) is 4.79 Å². The summed E-state index contributed by atoms with van der Waals surface area (Å²) >= 11 is 0. The molecular weight excluding hydrogens is 242 g/mol. The van der Waals surface area contributed by atoms with Gasteiger partial charge in [-0.05, 0) is 52.4 Å². The number of aromatic nitrogens is 1. The largest absolute Gasteiger partial charge is 0.477 e. The highest BCUT2D eigenvalue weighted by Gasteiger charge is 2.05. The van der Waals surface area contributed by atoms with E-state index in [2.05, 4.69) is 36.1 Å². The van der Waals surface area contributed by atoms with Gasteiger partial charge in [0.2, 0.25) is 0 Å². The molecule has 5 nitrogen and oxygen atoms in total. The van der Waals surface area contributed by atoms with Crippen molar-refractivity contribution in [1.29, 1.82) is 0 Å². The fourth-order valence-electron chi connectivity index (χ4n) is 1.63. The number of carbonyl (C=O) groups is 1. The standard InChI is InChI=1S/C14H23N3O2/c1-11(2)17(3)9-5-4-7-15-12-6-8-16-13(10-12)14(18)19/h6,8,10-11H,4-5,7,9H2,1-3H3,(H,15,16)(H,18,19). The molecule has 0 saturated carbocycles. The second-order valence-electron chi connectivity index (χ2n) is 4.94. The van der Waals surface area contributed by atoms with Crippen LogP contribution >= 0.6 is 0 Å². The molecule has 0 aliphatic heterocycles. The van der Waals surface area contributed by atoms with E-state index in [0.29, 0.717) is 6.04 Å². The Morgan fingerprint density at radius 1 is 1.47 bits per heavy atom. The zero-order valence-corrected chi connectivity index (χ0v) is 11.9. The van der Waals surface area contributed by atoms with Crippen LogP contribution in [0.1, 0.15) is 37.2 Å². The molecule has 1 rings (SSSR count). The maximum absolute atomic E-state index is 10.8. The van der Waals surface area contributed by atoms with Gasteiger partial charge in [-0.1, -0.05) is 0 Å². The average molecular weight is 265 g/mol. The topological polar surface area (TPSA) is 65.5 Å². The lowest BCUT2D eigenvalue weighted by Crippen LogP contribution is -2.27. The fourth-order valence-corrected chi connectivity index (χ4v) is 1.63. The Morgan fingerprint density at radius 2 is 2.21 bits per heavy atom. The molecule has 0 aliphatic carbocycles. The summed E-state index contributed by atoms with van der Waals surface area (Å²) in [4.78, 5) is 16.9. The van der Waals surface area contributed by atoms with Crippen LogP contribution in [0.5, 0.6) is 0 Å². The van der Waals surface area contributed by atoms with Gasteiger partial charge in [-0.15, -0.1) is 0 Å². The minimum atomic E-state index is -0.998. The van der Waals surface area contributed by atoms with E-state index in [1.54, 1.807) is 12.1 Å². The minimum absolute atomic E-state index is 0.0736. The van der Waals surface area contributed by atoms with Crippen molar-refractivity contribution < 1.29 is 9.90 Å². The van der Waals surface area contributed by atoms with Gasteiger partial charge in [0.15, 0.2) is 0 Å². The predicted octanol–water partition coefficient (Wildman–Crippen LogP) is 2.31. The van der Waals surface area contributed by atoms with Gasteiger partial charge in [-0.2, -0.15) is 0 Å². The molecule has 0 bridgehead atoms. The molecule has 0 saturated heterocycles. The molecule has 1 aromatic rings. The van der Waals surface area contributed by atoms with Crippen LogP contribution in [0.3, 0.4) is 0 Å². The summed E-state index contributed by atoms with van der Waals surface area (Å²) in [6.07, 6.45) is 3.69. The van der Waals surface area contributed by atoms with Crippen LogP contribution in [0.25, 0.3) is 0 Å². The van der Waals surface area contributed by atoms with Crippen molar-refractivity contribution in [2.75, 3.05) is 25.5 Å². The number of nitrogens with zero attached hydrogens (tertiary/aromatic N) is 2. The van der Waals surface area contributed by atoms with Crippen molar-refractivity contribution in [2.24, 2.45) is 0 Å². The number of hydrogen-bond acceptors (Lipinski definition) is 4. The molecule has 0 aliphatic rings. The van der Waals surface area contributed by atoms with Crippen LogP contribution in [0, 0.1) is 0 Å². The summed E-state index contributed by atoms with van der Waals surface area (Å²) in [6.45, 7) is 6.29. The maximum Gasteiger partial charge on any atom is 0.354 e. The van der Waals surface area contributed by atoms with Crippen molar-refractivity contribution in [2.45, 2.75) is 32.7 Å². The molecule has 0 atom stereocenters. The van der Waals surface area contributed by atoms with Crippen LogP contribution in [0.4, 0.5) is 5.69 Å². The summed E-state index contributed by atoms with van der Waals surface area (Å²) < 4.78 is 0. The highest BCUT2D eigenvalue weighted by Crippen LogP contribution is 2.08. The molecule has 0 amide bonds. The van der Waals surface area contributed by atoms with Crippen molar-refractivity contribution in [3.63, 3.8) is 0 Å². The minimum Gasteiger partial charge on any atom is -0.477 e. The zero-order valence-electron chi connectivity index (χ0n) is 11.9. The van der Waals surface area contributed by atoms with Crippen LogP contribution in [0.15, 0.2) is 18.3 Å². The van der Waals surface area contributed by atoms with Gasteiger partial charge < -0.3 is 15.3 Å². The Bertz CT molecular complexity index is 407. The lowest BCUT2D eigenvalue weighted by molar-refractivity contribution is 0.0690. The van der Waals surface area contributed by atoms with Crippen LogP contribution in [-0.4, -0.2) is 47.1 Å². The molecule has 0 aromatic carbocycles. The molecule has 19 heavy (non-hydrogen) atoms. The SMILES string of the molecule is CC(C)N(C)CCCCNc1ccnc(C(=O)O)c1. The van der Waals surface area contributed by atoms with Gasteiger partial charge in [0.1, 0.15) is 5.69 Å². The first-order chi connectivity index (χ1) is 9.00. The third-order valence-electron chi connectivity index (χ3n) is 3.13. The van der Waals surface area contributed by atoms with Gasteiger partial charge in [0, 0.05) is 24.5 Å². The smallest absolute Gasteiger partial charge is 0.354 e. The van der Waals surface area contributed by atoms with E-state index >= 15 is 0 Å². The molecule has 106 valence electrons. The summed E-state index contributed by atoms with van der Waals surface area (Å²) in [5.74, 6) is -0.998. The molecule has 2 N–H and O–H groups in total. The molecule has 0 unspecified atom stereocenters. The quantitative estimate of drug-likeness (QED) is 0.706. The van der Waals surface area contributed by atoms with Gasteiger partial charge in [0.05, 0.1) is 0 Å². The van der Waals surface area contributed by atoms with Crippen LogP contribution < -0.4 is 5.32 Å². The predicted molar refractivity (Wildman–Crippen MR) is 76.7 cm³/mol. The normalized spacial score (nSPS) is 11.0. The first kappa shape index (κ1) is 15.4. The van der Waals surface area contributed by atoms with E-state index < -0.39 is 5.97 Å². The third-order valence-corrected chi connectivity index (χ3v) is 3.13. The number of carboxylic acid groups (broad SMARTS) is 1. The number of carboxylic acids is 1. The third kappa shape index (κ3) is 5.70. The number of pyridine rings is 1. The Balaban J connectivity index is 2.26. The highest BCUT2D eigenvalue weighted by atomic mass is 16.4. The zero-order chi connectivity index (χ0) is 14.3. The van der Waals surface area contributed by atoms with Gasteiger partial charge >= 0.3 is 5.97 Å². The number of aromatic carboxylic acids is 1. The Kier molecular flexibility index (Phi) is 6.29. The van der Waals surface area contributed by atoms with Crippen LogP contribution in [0.2, 0.25) is 0 Å². The summed E-state index contributed by atoms with van der Waals surface area (Å²) in [7, 11) is 2.13. The van der Waals surface area contributed by atoms with Crippen molar-refractivity contribution in [3.8, 4) is 0 Å². The Labute approximate surface area is 114 Å². The summed E-state index contributed by atoms with van der Waals surface area (Å²) in [6, 6.07) is 3.92. The lowest BCUT2D eigenvalue weighted by Gasteiger charge is -2.20. The lowest BCUT2D eigenvalue weighted by atomic mass is 10.2. The second-order valence-corrected chi connectivity index (χ2v) is 4.94. The van der Waals surface area contributed by atoms with E-state index in [1.807, 2.05) is 0 Å². The molecular formula is C14H23N3O2. The molecule has 1 heterocycles. The monoisotopic (exact) mass is 265 g/mol. The molecule has 0 radical (unpaired) electrons. The number of rotatable bonds is 8. The van der Waals surface area contributed by atoms with E-state index in [0.717, 1.165) is 31.6 Å². The average Bonchev–Trinajstić information content (AvgIpc) is 2.38. The molecule has 1 aromatic heterocycles. The van der Waals surface area contributed by atoms with Crippen molar-refractivity contribution in [3.05, 3.63) is 24.0 Å². The number of anilines is 1. The van der Waals surface area contributed by atoms with E-state index in [4.69, 9.17) is 5.11 Å². The Hall–Kier alpha value is -1.62. The first-order valence-corrected chi connectivity index (χ1v) is 6.64. The molecule has 0 fully saturated rings. The maximum atomic E-state index is 10.8. The summed E-state index contributed by atoms with van der Waals surface area (Å²) in [5, 5.41) is 12.1. The van der Waals surface area contributed by atoms with Gasteiger partial charge in [0.25, 0.3) is 0 Å².